The molecule has 17 heavy (non-hydrogen) atoms. The van der Waals surface area contributed by atoms with Gasteiger partial charge < -0.3 is 5.32 Å². The normalized spacial score (nSPS) is 8.29. The summed E-state index contributed by atoms with van der Waals surface area (Å²) >= 11 is 0. The van der Waals surface area contributed by atoms with Crippen LogP contribution in [0.5, 0.6) is 0 Å². The van der Waals surface area contributed by atoms with E-state index < -0.39 is 0 Å². The van der Waals surface area contributed by atoms with Crippen molar-refractivity contribution >= 4 is 5.69 Å². The Kier molecular flexibility index (Phi) is 8.66. The maximum Gasteiger partial charge on any atom is 3.00 e. The quantitative estimate of drug-likeness (QED) is 0.790. The molecule has 0 heterocycles. The van der Waals surface area contributed by atoms with E-state index in [4.69, 9.17) is 0 Å². The van der Waals surface area contributed by atoms with Gasteiger partial charge in [0, 0.05) is 0 Å². The van der Waals surface area contributed by atoms with Crippen LogP contribution in [0.4, 0.5) is 5.69 Å². The Labute approximate surface area is 130 Å². The number of hydrogen-bond donors (Lipinski definition) is 1. The van der Waals surface area contributed by atoms with Crippen LogP contribution < -0.4 is 5.32 Å². The number of anilines is 1. The van der Waals surface area contributed by atoms with E-state index in [1.165, 1.54) is 0 Å². The van der Waals surface area contributed by atoms with Crippen molar-refractivity contribution in [3.63, 3.8) is 0 Å². The van der Waals surface area contributed by atoms with Gasteiger partial charge in [0.05, 0.1) is 0 Å². The van der Waals surface area contributed by atoms with E-state index in [1.54, 1.807) is 0 Å². The van der Waals surface area contributed by atoms with Gasteiger partial charge in [-0.15, -0.1) is 18.2 Å². The van der Waals surface area contributed by atoms with Gasteiger partial charge >= 0.3 is 32.7 Å². The van der Waals surface area contributed by atoms with Crippen LogP contribution in [0.15, 0.2) is 54.6 Å². The fraction of sp³-hybridized carbons (Fsp3) is 0.0667. The number of hydrogen-bond acceptors (Lipinski definition) is 1. The maximum atomic E-state index is 3.83. The summed E-state index contributed by atoms with van der Waals surface area (Å²) in [7, 11) is 1.89. The molecule has 0 aromatic heterocycles. The topological polar surface area (TPSA) is 12.0 Å². The minimum Gasteiger partial charge on any atom is -0.439 e. The molecule has 0 bridgehead atoms. The van der Waals surface area contributed by atoms with E-state index in [1.807, 2.05) is 61.6 Å². The molecular weight excluding hydrogens is 283 g/mol. The molecule has 0 radical (unpaired) electrons. The molecule has 0 unspecified atom stereocenters. The molecule has 0 saturated carbocycles. The summed E-state index contributed by atoms with van der Waals surface area (Å²) in [5.41, 5.74) is 3.21. The number of benzene rings is 2. The molecule has 0 aliphatic heterocycles. The summed E-state index contributed by atoms with van der Waals surface area (Å²) in [6.07, 6.45) is 0. The molecule has 0 saturated heterocycles. The van der Waals surface area contributed by atoms with E-state index >= 15 is 0 Å². The Morgan fingerprint density at radius 3 is 1.71 bits per heavy atom. The number of rotatable bonds is 1. The van der Waals surface area contributed by atoms with Gasteiger partial charge in [-0.05, 0) is 7.05 Å². The molecule has 1 N–H and O–H groups in total. The predicted octanol–water partition coefficient (Wildman–Crippen LogP) is 3.78. The van der Waals surface area contributed by atoms with Crippen molar-refractivity contribution in [2.75, 3.05) is 12.4 Å². The minimum atomic E-state index is 0. The summed E-state index contributed by atoms with van der Waals surface area (Å²) in [4.78, 5) is 0. The first-order valence-electron chi connectivity index (χ1n) is 5.20. The van der Waals surface area contributed by atoms with Crippen molar-refractivity contribution in [1.29, 1.82) is 0 Å². The zero-order valence-electron chi connectivity index (χ0n) is 10.2. The third-order valence-corrected chi connectivity index (χ3v) is 2.13. The molecule has 0 atom stereocenters. The zero-order chi connectivity index (χ0) is 11.8. The van der Waals surface area contributed by atoms with Crippen molar-refractivity contribution in [2.45, 2.75) is 0 Å². The third kappa shape index (κ3) is 6.40. The number of para-hydroxylation sites is 1. The molecule has 0 aliphatic rings. The second-order valence-corrected chi connectivity index (χ2v) is 3.39. The third-order valence-electron chi connectivity index (χ3n) is 2.13. The second kappa shape index (κ2) is 9.15. The predicted molar refractivity (Wildman–Crippen MR) is 71.3 cm³/mol. The average molecular weight is 300 g/mol. The summed E-state index contributed by atoms with van der Waals surface area (Å²) in [5, 5.41) is 3.03. The van der Waals surface area contributed by atoms with Gasteiger partial charge in [0.2, 0.25) is 0 Å². The van der Waals surface area contributed by atoms with Gasteiger partial charge in [-0.3, -0.25) is 0 Å². The van der Waals surface area contributed by atoms with E-state index in [9.17, 15) is 0 Å². The van der Waals surface area contributed by atoms with Crippen LogP contribution in [0.25, 0.3) is 0 Å². The second-order valence-electron chi connectivity index (χ2n) is 3.39. The average Bonchev–Trinajstić information content (AvgIpc) is 2.31. The summed E-state index contributed by atoms with van der Waals surface area (Å²) in [6.45, 7) is 7.55. The van der Waals surface area contributed by atoms with Crippen LogP contribution in [0.3, 0.4) is 0 Å². The first kappa shape index (κ1) is 16.1. The monoisotopic (exact) mass is 300 g/mol. The Morgan fingerprint density at radius 2 is 1.35 bits per heavy atom. The van der Waals surface area contributed by atoms with Crippen LogP contribution in [0, 0.1) is 13.8 Å². The van der Waals surface area contributed by atoms with Gasteiger partial charge in [-0.2, -0.15) is 43.2 Å². The van der Waals surface area contributed by atoms with Crippen LogP contribution in [0.2, 0.25) is 0 Å². The van der Waals surface area contributed by atoms with Crippen molar-refractivity contribution in [2.24, 2.45) is 0 Å². The summed E-state index contributed by atoms with van der Waals surface area (Å²) in [5.74, 6) is 0. The Balaban J connectivity index is 0.000000292. The van der Waals surface area contributed by atoms with E-state index in [0.29, 0.717) is 0 Å². The fourth-order valence-electron chi connectivity index (χ4n) is 1.24. The smallest absolute Gasteiger partial charge is 0.439 e. The Hall–Kier alpha value is -0.916. The molecule has 84 valence electrons. The summed E-state index contributed by atoms with van der Waals surface area (Å²) < 4.78 is 0. The van der Waals surface area contributed by atoms with Crippen LogP contribution >= 0.6 is 0 Å². The van der Waals surface area contributed by atoms with Gasteiger partial charge in [-0.25, -0.2) is 0 Å². The van der Waals surface area contributed by atoms with Crippen molar-refractivity contribution in [3.8, 4) is 0 Å². The van der Waals surface area contributed by atoms with E-state index in [2.05, 4.69) is 19.2 Å². The Morgan fingerprint density at radius 1 is 0.824 bits per heavy atom. The summed E-state index contributed by atoms with van der Waals surface area (Å²) in [6, 6.07) is 17.8. The van der Waals surface area contributed by atoms with Gasteiger partial charge in [0.25, 0.3) is 0 Å². The maximum absolute atomic E-state index is 3.83. The van der Waals surface area contributed by atoms with Gasteiger partial charge in [0.1, 0.15) is 0 Å². The molecular formula is C15H17NY+. The largest absolute Gasteiger partial charge is 3.00 e. The molecule has 0 aliphatic carbocycles. The number of nitrogens with one attached hydrogen (secondary N) is 1. The first-order valence-corrected chi connectivity index (χ1v) is 5.20. The molecule has 2 rings (SSSR count). The van der Waals surface area contributed by atoms with Crippen LogP contribution in [-0.4, -0.2) is 7.05 Å². The molecule has 2 aromatic rings. The molecule has 0 fully saturated rings. The molecule has 1 nitrogen and oxygen atoms in total. The first-order chi connectivity index (χ1) is 7.74. The molecule has 0 amide bonds. The van der Waals surface area contributed by atoms with Crippen LogP contribution in [0.1, 0.15) is 11.1 Å². The van der Waals surface area contributed by atoms with Gasteiger partial charge in [-0.1, -0.05) is 23.9 Å². The standard InChI is InChI=1S/C8H10N.C7H7.Y/c1-7-5-3-4-6-8(7)9-2;1-7-5-3-2-4-6-7;/h3-6,9H,1H2,2H3;2-6H,1H2;/q2*-1;+3. The molecule has 0 spiro atoms. The van der Waals surface area contributed by atoms with Crippen LogP contribution in [-0.2, 0) is 32.7 Å². The molecule has 2 heteroatoms. The van der Waals surface area contributed by atoms with E-state index in [-0.39, 0.29) is 32.7 Å². The van der Waals surface area contributed by atoms with Crippen molar-refractivity contribution in [1.82, 2.24) is 0 Å². The molecule has 2 aromatic carbocycles. The van der Waals surface area contributed by atoms with Crippen molar-refractivity contribution < 1.29 is 32.7 Å². The zero-order valence-corrected chi connectivity index (χ0v) is 13.0. The van der Waals surface area contributed by atoms with Crippen molar-refractivity contribution in [3.05, 3.63) is 79.6 Å². The SMILES string of the molecule is [CH2-]c1ccccc1.[CH2-]c1ccccc1NC.[Y+3]. The fourth-order valence-corrected chi connectivity index (χ4v) is 1.24. The Bertz CT molecular complexity index is 412. The van der Waals surface area contributed by atoms with E-state index in [0.717, 1.165) is 16.8 Å². The van der Waals surface area contributed by atoms with Gasteiger partial charge in [0.15, 0.2) is 0 Å². The minimum absolute atomic E-state index is 0.